The number of rotatable bonds is 4. The predicted molar refractivity (Wildman–Crippen MR) is 138 cm³/mol. The molecule has 35 heavy (non-hydrogen) atoms. The highest BCUT2D eigenvalue weighted by molar-refractivity contribution is 6.13. The third-order valence-corrected chi connectivity index (χ3v) is 6.47. The maximum atomic E-state index is 5.82. The standard InChI is InChI=1S/C26H31N7O2/c1-12-20(14(3)35-32-12)17-10-18-16(11-19(17)34-9)21-24(29-18)27-15(4)28-25(21)30-22-13(2)33(8)31-23(22)26(5,6)7/h10-11H,1-9H3,(H2,27,28,29,30). The molecule has 0 aliphatic carbocycles. The highest BCUT2D eigenvalue weighted by Gasteiger charge is 2.26. The van der Waals surface area contributed by atoms with Crippen molar-refractivity contribution < 1.29 is 9.26 Å². The van der Waals surface area contributed by atoms with Crippen molar-refractivity contribution in [2.24, 2.45) is 7.05 Å². The Kier molecular flexibility index (Phi) is 5.12. The summed E-state index contributed by atoms with van der Waals surface area (Å²) in [6, 6.07) is 4.09. The van der Waals surface area contributed by atoms with E-state index in [1.165, 1.54) is 0 Å². The zero-order valence-electron chi connectivity index (χ0n) is 21.7. The molecule has 0 aliphatic rings. The van der Waals surface area contributed by atoms with E-state index < -0.39 is 0 Å². The lowest BCUT2D eigenvalue weighted by Crippen LogP contribution is -2.14. The van der Waals surface area contributed by atoms with E-state index >= 15 is 0 Å². The quantitative estimate of drug-likeness (QED) is 0.340. The number of fused-ring (bicyclic) bond motifs is 3. The molecule has 0 fully saturated rings. The molecular formula is C26H31N7O2. The Morgan fingerprint density at radius 1 is 1.09 bits per heavy atom. The van der Waals surface area contributed by atoms with Crippen LogP contribution < -0.4 is 10.1 Å². The lowest BCUT2D eigenvalue weighted by molar-refractivity contribution is 0.393. The Bertz CT molecular complexity index is 1580. The van der Waals surface area contributed by atoms with Crippen LogP contribution in [0, 0.1) is 27.7 Å². The fraction of sp³-hybridized carbons (Fsp3) is 0.385. The van der Waals surface area contributed by atoms with Gasteiger partial charge in [-0.05, 0) is 39.8 Å². The summed E-state index contributed by atoms with van der Waals surface area (Å²) in [7, 11) is 3.63. The topological polar surface area (TPSA) is 107 Å². The summed E-state index contributed by atoms with van der Waals surface area (Å²) in [5.41, 5.74) is 7.21. The van der Waals surface area contributed by atoms with Gasteiger partial charge in [-0.3, -0.25) is 4.68 Å². The van der Waals surface area contributed by atoms with Crippen LogP contribution in [-0.4, -0.2) is 37.0 Å². The molecule has 0 atom stereocenters. The smallest absolute Gasteiger partial charge is 0.144 e. The molecule has 0 bridgehead atoms. The third-order valence-electron chi connectivity index (χ3n) is 6.47. The fourth-order valence-corrected chi connectivity index (χ4v) is 4.66. The SMILES string of the molecule is COc1cc2c(cc1-c1c(C)noc1C)[nH]c1nc(C)nc(Nc3c(C(C)(C)C)nn(C)c3C)c12. The number of aromatic nitrogens is 6. The third kappa shape index (κ3) is 3.62. The van der Waals surface area contributed by atoms with Crippen LogP contribution in [-0.2, 0) is 12.5 Å². The van der Waals surface area contributed by atoms with Crippen LogP contribution in [0.25, 0.3) is 33.1 Å². The zero-order valence-corrected chi connectivity index (χ0v) is 21.7. The van der Waals surface area contributed by atoms with Gasteiger partial charge in [-0.25, -0.2) is 9.97 Å². The monoisotopic (exact) mass is 473 g/mol. The fourth-order valence-electron chi connectivity index (χ4n) is 4.66. The molecule has 2 N–H and O–H groups in total. The Labute approximate surface area is 203 Å². The van der Waals surface area contributed by atoms with Gasteiger partial charge in [0.25, 0.3) is 0 Å². The minimum Gasteiger partial charge on any atom is -0.496 e. The van der Waals surface area contributed by atoms with E-state index in [2.05, 4.69) is 49.2 Å². The summed E-state index contributed by atoms with van der Waals surface area (Å²) in [6.07, 6.45) is 0. The van der Waals surface area contributed by atoms with Gasteiger partial charge in [0.05, 0.1) is 40.8 Å². The molecule has 0 radical (unpaired) electrons. The van der Waals surface area contributed by atoms with Gasteiger partial charge in [0.1, 0.15) is 28.8 Å². The molecule has 0 saturated heterocycles. The van der Waals surface area contributed by atoms with E-state index in [1.54, 1.807) is 7.11 Å². The first kappa shape index (κ1) is 22.9. The molecule has 182 valence electrons. The number of H-pyrrole nitrogens is 1. The number of nitrogens with one attached hydrogen (secondary N) is 2. The second-order valence-corrected chi connectivity index (χ2v) is 10.1. The van der Waals surface area contributed by atoms with E-state index in [0.717, 1.165) is 73.2 Å². The summed E-state index contributed by atoms with van der Waals surface area (Å²) in [6.45, 7) is 14.3. The van der Waals surface area contributed by atoms with Crippen molar-refractivity contribution in [3.8, 4) is 16.9 Å². The Hall–Kier alpha value is -3.88. The van der Waals surface area contributed by atoms with Gasteiger partial charge in [0, 0.05) is 28.9 Å². The second-order valence-electron chi connectivity index (χ2n) is 10.1. The summed E-state index contributed by atoms with van der Waals surface area (Å²) in [4.78, 5) is 13.0. The van der Waals surface area contributed by atoms with Gasteiger partial charge in [-0.1, -0.05) is 25.9 Å². The molecule has 0 unspecified atom stereocenters. The average Bonchev–Trinajstić information content (AvgIpc) is 3.40. The van der Waals surface area contributed by atoms with Gasteiger partial charge in [0.2, 0.25) is 0 Å². The van der Waals surface area contributed by atoms with Crippen LogP contribution in [0.1, 0.15) is 49.4 Å². The van der Waals surface area contributed by atoms with Gasteiger partial charge in [0.15, 0.2) is 0 Å². The van der Waals surface area contributed by atoms with Crippen LogP contribution in [0.4, 0.5) is 11.5 Å². The lowest BCUT2D eigenvalue weighted by Gasteiger charge is -2.18. The zero-order chi connectivity index (χ0) is 25.2. The summed E-state index contributed by atoms with van der Waals surface area (Å²) < 4.78 is 13.1. The minimum absolute atomic E-state index is 0.137. The predicted octanol–water partition coefficient (Wildman–Crippen LogP) is 5.78. The maximum absolute atomic E-state index is 5.82. The van der Waals surface area contributed by atoms with Crippen LogP contribution in [0.3, 0.4) is 0 Å². The van der Waals surface area contributed by atoms with Crippen molar-refractivity contribution in [2.45, 2.75) is 53.9 Å². The molecule has 0 aliphatic heterocycles. The van der Waals surface area contributed by atoms with E-state index in [-0.39, 0.29) is 5.41 Å². The molecule has 1 aromatic carbocycles. The summed E-state index contributed by atoms with van der Waals surface area (Å²) in [5, 5.41) is 14.4. The van der Waals surface area contributed by atoms with Crippen molar-refractivity contribution in [3.63, 3.8) is 0 Å². The number of nitrogens with zero attached hydrogens (tertiary/aromatic N) is 5. The number of anilines is 2. The molecule has 9 heteroatoms. The van der Waals surface area contributed by atoms with Crippen LogP contribution >= 0.6 is 0 Å². The largest absolute Gasteiger partial charge is 0.496 e. The first-order valence-electron chi connectivity index (χ1n) is 11.6. The summed E-state index contributed by atoms with van der Waals surface area (Å²) >= 11 is 0. The van der Waals surface area contributed by atoms with Gasteiger partial charge < -0.3 is 19.6 Å². The Morgan fingerprint density at radius 2 is 1.83 bits per heavy atom. The second kappa shape index (κ2) is 7.83. The molecule has 4 heterocycles. The molecule has 4 aromatic heterocycles. The van der Waals surface area contributed by atoms with Crippen molar-refractivity contribution >= 4 is 33.4 Å². The van der Waals surface area contributed by atoms with Gasteiger partial charge in [-0.2, -0.15) is 5.10 Å². The number of methoxy groups -OCH3 is 1. The first-order chi connectivity index (χ1) is 16.5. The lowest BCUT2D eigenvalue weighted by atomic mass is 9.91. The molecule has 5 aromatic rings. The highest BCUT2D eigenvalue weighted by Crippen LogP contribution is 2.41. The van der Waals surface area contributed by atoms with E-state index in [4.69, 9.17) is 24.3 Å². The van der Waals surface area contributed by atoms with Crippen molar-refractivity contribution in [1.82, 2.24) is 29.9 Å². The first-order valence-corrected chi connectivity index (χ1v) is 11.6. The number of hydrogen-bond donors (Lipinski definition) is 2. The molecule has 0 saturated carbocycles. The minimum atomic E-state index is -0.137. The van der Waals surface area contributed by atoms with Crippen LogP contribution in [0.15, 0.2) is 16.7 Å². The molecule has 5 rings (SSSR count). The van der Waals surface area contributed by atoms with Crippen LogP contribution in [0.5, 0.6) is 5.75 Å². The molecule has 0 spiro atoms. The van der Waals surface area contributed by atoms with E-state index in [9.17, 15) is 0 Å². The number of benzene rings is 1. The molecule has 9 nitrogen and oxygen atoms in total. The number of aromatic amines is 1. The normalized spacial score (nSPS) is 12.1. The Morgan fingerprint density at radius 3 is 2.46 bits per heavy atom. The van der Waals surface area contributed by atoms with Gasteiger partial charge in [-0.15, -0.1) is 0 Å². The number of hydrogen-bond acceptors (Lipinski definition) is 7. The van der Waals surface area contributed by atoms with E-state index in [1.807, 2.05) is 38.6 Å². The molecular weight excluding hydrogens is 442 g/mol. The van der Waals surface area contributed by atoms with E-state index in [0.29, 0.717) is 5.82 Å². The van der Waals surface area contributed by atoms with Crippen molar-refractivity contribution in [2.75, 3.05) is 12.4 Å². The Balaban J connectivity index is 1.76. The molecule has 0 amide bonds. The summed E-state index contributed by atoms with van der Waals surface area (Å²) in [5.74, 6) is 2.87. The highest BCUT2D eigenvalue weighted by atomic mass is 16.5. The number of aryl methyl sites for hydroxylation is 4. The average molecular weight is 474 g/mol. The van der Waals surface area contributed by atoms with Crippen molar-refractivity contribution in [3.05, 3.63) is 40.8 Å². The van der Waals surface area contributed by atoms with Gasteiger partial charge >= 0.3 is 0 Å². The maximum Gasteiger partial charge on any atom is 0.144 e. The van der Waals surface area contributed by atoms with Crippen LogP contribution in [0.2, 0.25) is 0 Å². The van der Waals surface area contributed by atoms with Crippen molar-refractivity contribution in [1.29, 1.82) is 0 Å². The number of ether oxygens (including phenoxy) is 1.